The molecule has 9 nitrogen and oxygen atoms in total. The van der Waals surface area contributed by atoms with Crippen LogP contribution in [-0.2, 0) is 14.4 Å². The van der Waals surface area contributed by atoms with Gasteiger partial charge in [0.15, 0.2) is 5.13 Å². The summed E-state index contributed by atoms with van der Waals surface area (Å²) < 4.78 is 0. The summed E-state index contributed by atoms with van der Waals surface area (Å²) in [5.74, 6) is -0.751. The summed E-state index contributed by atoms with van der Waals surface area (Å²) in [6, 6.07) is 11.2. The van der Waals surface area contributed by atoms with Gasteiger partial charge in [0, 0.05) is 35.7 Å². The number of carboxylic acids is 1. The number of thiazole rings is 1. The summed E-state index contributed by atoms with van der Waals surface area (Å²) in [4.78, 5) is 50.9. The van der Waals surface area contributed by atoms with E-state index in [0.717, 1.165) is 55.2 Å². The van der Waals surface area contributed by atoms with E-state index in [2.05, 4.69) is 4.98 Å². The third-order valence-corrected chi connectivity index (χ3v) is 10.0. The Kier molecular flexibility index (Phi) is 8.35. The van der Waals surface area contributed by atoms with Crippen LogP contribution in [0, 0.1) is 17.8 Å². The maximum absolute atomic E-state index is 14.1. The lowest BCUT2D eigenvalue weighted by Crippen LogP contribution is -2.45. The Morgan fingerprint density at radius 1 is 1.00 bits per heavy atom. The summed E-state index contributed by atoms with van der Waals surface area (Å²) in [5, 5.41) is 22.5. The predicted octanol–water partition coefficient (Wildman–Crippen LogP) is 5.38. The maximum Gasteiger partial charge on any atom is 0.304 e. The van der Waals surface area contributed by atoms with Crippen molar-refractivity contribution in [3.63, 3.8) is 0 Å². The fourth-order valence-corrected chi connectivity index (χ4v) is 8.01. The standard InChI is InChI=1S/C32H36N4O5S/c37-18-22-12-13-24(20-6-1-2-7-20)26(16-30(39)40)31(41)36(22)32-34-27(19-42-32)25-9-4-3-8-23(25)21-11-14-28(33-17-21)35-15-5-10-29(35)38/h3-4,8-9,11,14,17,19-20,22,24,26,37H,1-2,5-7,10,12-13,15-16,18H2,(H,39,40). The van der Waals surface area contributed by atoms with Crippen molar-refractivity contribution < 1.29 is 24.6 Å². The van der Waals surface area contributed by atoms with E-state index >= 15 is 0 Å². The zero-order valence-corrected chi connectivity index (χ0v) is 24.3. The molecule has 1 saturated carbocycles. The lowest BCUT2D eigenvalue weighted by Gasteiger charge is -2.31. The number of hydrogen-bond donors (Lipinski definition) is 2. The number of benzene rings is 1. The van der Waals surface area contributed by atoms with Crippen LogP contribution in [0.5, 0.6) is 0 Å². The van der Waals surface area contributed by atoms with E-state index in [9.17, 15) is 24.6 Å². The molecule has 220 valence electrons. The van der Waals surface area contributed by atoms with Gasteiger partial charge in [0.05, 0.1) is 30.7 Å². The van der Waals surface area contributed by atoms with Crippen molar-refractivity contribution in [2.45, 2.75) is 63.8 Å². The predicted molar refractivity (Wildman–Crippen MR) is 161 cm³/mol. The Labute approximate surface area is 249 Å². The smallest absolute Gasteiger partial charge is 0.304 e. The highest BCUT2D eigenvalue weighted by atomic mass is 32.1. The molecule has 3 aromatic rings. The molecule has 2 aromatic heterocycles. The zero-order valence-electron chi connectivity index (χ0n) is 23.5. The Morgan fingerprint density at radius 3 is 2.45 bits per heavy atom. The SMILES string of the molecule is O=C(O)CC1C(=O)N(c2nc(-c3ccccc3-c3ccc(N4CCCC4=O)nc3)cs2)C(CO)CCC1C1CCCC1. The van der Waals surface area contributed by atoms with Gasteiger partial charge in [-0.05, 0) is 48.8 Å². The molecule has 0 bridgehead atoms. The number of aliphatic carboxylic acids is 1. The van der Waals surface area contributed by atoms with E-state index in [4.69, 9.17) is 4.98 Å². The third kappa shape index (κ3) is 5.57. The van der Waals surface area contributed by atoms with Gasteiger partial charge < -0.3 is 10.2 Å². The van der Waals surface area contributed by atoms with Gasteiger partial charge in [-0.3, -0.25) is 24.2 Å². The number of carbonyl (C=O) groups excluding carboxylic acids is 2. The maximum atomic E-state index is 14.1. The Morgan fingerprint density at radius 2 is 1.79 bits per heavy atom. The number of nitrogens with zero attached hydrogens (tertiary/aromatic N) is 4. The van der Waals surface area contributed by atoms with Crippen LogP contribution in [0.25, 0.3) is 22.4 Å². The van der Waals surface area contributed by atoms with Gasteiger partial charge in [0.25, 0.3) is 0 Å². The van der Waals surface area contributed by atoms with E-state index in [1.807, 2.05) is 41.8 Å². The average Bonchev–Trinajstić information content (AvgIpc) is 3.77. The van der Waals surface area contributed by atoms with E-state index in [1.165, 1.54) is 11.3 Å². The summed E-state index contributed by atoms with van der Waals surface area (Å²) in [6.45, 7) is 0.480. The van der Waals surface area contributed by atoms with Crippen LogP contribution in [-0.4, -0.2) is 57.2 Å². The molecule has 42 heavy (non-hydrogen) atoms. The topological polar surface area (TPSA) is 124 Å². The van der Waals surface area contributed by atoms with Gasteiger partial charge in [-0.2, -0.15) is 0 Å². The minimum Gasteiger partial charge on any atom is -0.481 e. The Hall–Kier alpha value is -3.63. The first-order valence-electron chi connectivity index (χ1n) is 14.9. The van der Waals surface area contributed by atoms with Crippen LogP contribution in [0.4, 0.5) is 10.9 Å². The number of hydrogen-bond acceptors (Lipinski definition) is 7. The number of carboxylic acid groups (broad SMARTS) is 1. The molecule has 3 unspecified atom stereocenters. The molecule has 3 aliphatic rings. The molecule has 2 aliphatic heterocycles. The van der Waals surface area contributed by atoms with Crippen LogP contribution in [0.15, 0.2) is 48.0 Å². The number of carbonyl (C=O) groups is 3. The third-order valence-electron chi connectivity index (χ3n) is 9.19. The zero-order chi connectivity index (χ0) is 29.2. The Bertz CT molecular complexity index is 1450. The van der Waals surface area contributed by atoms with E-state index in [-0.39, 0.29) is 30.8 Å². The van der Waals surface area contributed by atoms with Crippen LogP contribution in [0.1, 0.15) is 57.8 Å². The molecule has 2 N–H and O–H groups in total. The second-order valence-corrected chi connectivity index (χ2v) is 12.5. The van der Waals surface area contributed by atoms with Crippen LogP contribution < -0.4 is 9.80 Å². The van der Waals surface area contributed by atoms with E-state index < -0.39 is 17.9 Å². The average molecular weight is 589 g/mol. The number of amides is 2. The highest BCUT2D eigenvalue weighted by Gasteiger charge is 2.44. The quantitative estimate of drug-likeness (QED) is 0.362. The number of aliphatic hydroxyl groups is 1. The fourth-order valence-electron chi connectivity index (χ4n) is 7.11. The number of rotatable bonds is 8. The van der Waals surface area contributed by atoms with Crippen molar-refractivity contribution in [2.24, 2.45) is 17.8 Å². The Balaban J connectivity index is 1.31. The molecule has 3 atom stereocenters. The molecule has 2 amide bonds. The molecule has 2 saturated heterocycles. The largest absolute Gasteiger partial charge is 0.481 e. The highest BCUT2D eigenvalue weighted by molar-refractivity contribution is 7.14. The molecular weight excluding hydrogens is 552 g/mol. The number of anilines is 2. The van der Waals surface area contributed by atoms with Crippen molar-refractivity contribution in [3.05, 3.63) is 48.0 Å². The molecule has 3 fully saturated rings. The van der Waals surface area contributed by atoms with Crippen LogP contribution in [0.2, 0.25) is 0 Å². The lowest BCUT2D eigenvalue weighted by molar-refractivity contribution is -0.142. The summed E-state index contributed by atoms with van der Waals surface area (Å²) in [6.07, 6.45) is 8.58. The van der Waals surface area contributed by atoms with Gasteiger partial charge in [0.1, 0.15) is 5.82 Å². The first-order valence-corrected chi connectivity index (χ1v) is 15.8. The van der Waals surface area contributed by atoms with E-state index in [0.29, 0.717) is 41.9 Å². The van der Waals surface area contributed by atoms with Gasteiger partial charge in [-0.15, -0.1) is 11.3 Å². The van der Waals surface area contributed by atoms with Gasteiger partial charge in [-0.1, -0.05) is 49.9 Å². The minimum absolute atomic E-state index is 0.00151. The molecule has 6 rings (SSSR count). The second kappa shape index (κ2) is 12.3. The first-order chi connectivity index (χ1) is 20.4. The van der Waals surface area contributed by atoms with Crippen molar-refractivity contribution in [1.82, 2.24) is 9.97 Å². The van der Waals surface area contributed by atoms with Crippen LogP contribution >= 0.6 is 11.3 Å². The summed E-state index contributed by atoms with van der Waals surface area (Å²) >= 11 is 1.34. The normalized spacial score (nSPS) is 23.5. The molecule has 10 heteroatoms. The molecule has 1 aromatic carbocycles. The lowest BCUT2D eigenvalue weighted by atomic mass is 9.76. The van der Waals surface area contributed by atoms with Crippen molar-refractivity contribution in [2.75, 3.05) is 23.0 Å². The van der Waals surface area contributed by atoms with Crippen molar-refractivity contribution in [1.29, 1.82) is 0 Å². The molecule has 4 heterocycles. The monoisotopic (exact) mass is 588 g/mol. The number of aliphatic hydroxyl groups excluding tert-OH is 1. The van der Waals surface area contributed by atoms with Gasteiger partial charge in [-0.25, -0.2) is 9.97 Å². The fraction of sp³-hybridized carbons (Fsp3) is 0.469. The summed E-state index contributed by atoms with van der Waals surface area (Å²) in [5.41, 5.74) is 3.38. The van der Waals surface area contributed by atoms with Crippen molar-refractivity contribution in [3.8, 4) is 22.4 Å². The van der Waals surface area contributed by atoms with Gasteiger partial charge >= 0.3 is 5.97 Å². The first kappa shape index (κ1) is 28.5. The number of aromatic nitrogens is 2. The minimum atomic E-state index is -0.971. The van der Waals surface area contributed by atoms with E-state index in [1.54, 1.807) is 16.0 Å². The van der Waals surface area contributed by atoms with Gasteiger partial charge in [0.2, 0.25) is 11.8 Å². The molecule has 0 spiro atoms. The second-order valence-electron chi connectivity index (χ2n) is 11.6. The van der Waals surface area contributed by atoms with Crippen LogP contribution in [0.3, 0.4) is 0 Å². The number of pyridine rings is 1. The van der Waals surface area contributed by atoms with Crippen molar-refractivity contribution >= 4 is 40.1 Å². The molecule has 0 radical (unpaired) electrons. The summed E-state index contributed by atoms with van der Waals surface area (Å²) in [7, 11) is 0. The molecule has 1 aliphatic carbocycles. The highest BCUT2D eigenvalue weighted by Crippen LogP contribution is 2.44. The molecular formula is C32H36N4O5S.